The second-order valence-corrected chi connectivity index (χ2v) is 6.33. The van der Waals surface area contributed by atoms with Gasteiger partial charge in [-0.3, -0.25) is 9.80 Å². The first-order chi connectivity index (χ1) is 10.1. The standard InChI is InChI=1S/C17H24N2O3/c1-12-7-6-8-14(11-12)15(20)9-10-19(17(3,4)5)18-13(2)16(21)22/h6-8,11H,9-10H2,1-5H3,(H,21,22). The first kappa shape index (κ1) is 17.9. The van der Waals surface area contributed by atoms with Crippen LogP contribution in [0.15, 0.2) is 29.4 Å². The number of hydrogen-bond donors (Lipinski definition) is 1. The van der Waals surface area contributed by atoms with Gasteiger partial charge in [-0.25, -0.2) is 4.79 Å². The third kappa shape index (κ3) is 5.31. The summed E-state index contributed by atoms with van der Waals surface area (Å²) in [7, 11) is 0. The Balaban J connectivity index is 2.82. The number of carboxylic acids is 1. The summed E-state index contributed by atoms with van der Waals surface area (Å²) in [4.78, 5) is 23.2. The van der Waals surface area contributed by atoms with E-state index in [1.807, 2.05) is 45.9 Å². The van der Waals surface area contributed by atoms with Crippen LogP contribution in [0.3, 0.4) is 0 Å². The fourth-order valence-corrected chi connectivity index (χ4v) is 1.93. The van der Waals surface area contributed by atoms with Gasteiger partial charge in [0.25, 0.3) is 0 Å². The molecule has 120 valence electrons. The lowest BCUT2D eigenvalue weighted by Crippen LogP contribution is -2.39. The van der Waals surface area contributed by atoms with E-state index < -0.39 is 5.97 Å². The summed E-state index contributed by atoms with van der Waals surface area (Å²) in [6.45, 7) is 9.57. The molecular formula is C17H24N2O3. The van der Waals surface area contributed by atoms with Crippen LogP contribution in [0.5, 0.6) is 0 Å². The molecule has 0 unspecified atom stereocenters. The van der Waals surface area contributed by atoms with Crippen LogP contribution in [-0.4, -0.2) is 39.7 Å². The predicted molar refractivity (Wildman–Crippen MR) is 87.3 cm³/mol. The highest BCUT2D eigenvalue weighted by atomic mass is 16.4. The lowest BCUT2D eigenvalue weighted by atomic mass is 10.0. The Morgan fingerprint density at radius 1 is 1.27 bits per heavy atom. The van der Waals surface area contributed by atoms with Crippen LogP contribution < -0.4 is 0 Å². The quantitative estimate of drug-likeness (QED) is 0.498. The van der Waals surface area contributed by atoms with E-state index in [4.69, 9.17) is 5.11 Å². The fraction of sp³-hybridized carbons (Fsp3) is 0.471. The van der Waals surface area contributed by atoms with Gasteiger partial charge in [-0.2, -0.15) is 5.10 Å². The first-order valence-electron chi connectivity index (χ1n) is 7.27. The Labute approximate surface area is 131 Å². The van der Waals surface area contributed by atoms with Gasteiger partial charge in [0.2, 0.25) is 0 Å². The van der Waals surface area contributed by atoms with Crippen molar-refractivity contribution in [1.82, 2.24) is 5.01 Å². The van der Waals surface area contributed by atoms with Crippen molar-refractivity contribution < 1.29 is 14.7 Å². The summed E-state index contributed by atoms with van der Waals surface area (Å²) in [5, 5.41) is 14.7. The lowest BCUT2D eigenvalue weighted by Gasteiger charge is -2.33. The zero-order valence-corrected chi connectivity index (χ0v) is 13.9. The number of aliphatic carboxylic acids is 1. The van der Waals surface area contributed by atoms with E-state index in [0.29, 0.717) is 12.1 Å². The number of rotatable bonds is 6. The predicted octanol–water partition coefficient (Wildman–Crippen LogP) is 3.13. The highest BCUT2D eigenvalue weighted by Gasteiger charge is 2.22. The van der Waals surface area contributed by atoms with E-state index in [-0.39, 0.29) is 23.5 Å². The molecule has 0 aliphatic rings. The highest BCUT2D eigenvalue weighted by molar-refractivity contribution is 6.34. The number of benzene rings is 1. The number of ketones is 1. The van der Waals surface area contributed by atoms with Crippen LogP contribution in [0.25, 0.3) is 0 Å². The van der Waals surface area contributed by atoms with Crippen molar-refractivity contribution >= 4 is 17.5 Å². The average molecular weight is 304 g/mol. The smallest absolute Gasteiger partial charge is 0.351 e. The molecule has 0 heterocycles. The maximum Gasteiger partial charge on any atom is 0.351 e. The molecule has 5 nitrogen and oxygen atoms in total. The van der Waals surface area contributed by atoms with Crippen molar-refractivity contribution in [1.29, 1.82) is 0 Å². The molecule has 0 amide bonds. The molecule has 1 aromatic carbocycles. The van der Waals surface area contributed by atoms with Gasteiger partial charge in [0.05, 0.1) is 0 Å². The molecule has 0 aliphatic heterocycles. The van der Waals surface area contributed by atoms with Gasteiger partial charge < -0.3 is 5.11 Å². The second kappa shape index (κ2) is 7.20. The van der Waals surface area contributed by atoms with E-state index in [1.165, 1.54) is 6.92 Å². The molecule has 1 aromatic rings. The number of Topliss-reactive ketones (excluding diaryl/α,β-unsaturated/α-hetero) is 1. The van der Waals surface area contributed by atoms with Crippen LogP contribution >= 0.6 is 0 Å². The van der Waals surface area contributed by atoms with Gasteiger partial charge in [0.1, 0.15) is 5.71 Å². The Bertz CT molecular complexity index is 586. The number of nitrogens with zero attached hydrogens (tertiary/aromatic N) is 2. The monoisotopic (exact) mass is 304 g/mol. The molecule has 0 aromatic heterocycles. The van der Waals surface area contributed by atoms with Crippen LogP contribution in [0.1, 0.15) is 50.0 Å². The number of hydrogen-bond acceptors (Lipinski definition) is 4. The number of hydrazone groups is 1. The minimum absolute atomic E-state index is 0.0120. The van der Waals surface area contributed by atoms with Gasteiger partial charge in [0.15, 0.2) is 5.78 Å². The molecule has 0 saturated carbocycles. The van der Waals surface area contributed by atoms with E-state index in [1.54, 1.807) is 11.1 Å². The number of aryl methyl sites for hydroxylation is 1. The van der Waals surface area contributed by atoms with Crippen molar-refractivity contribution in [2.24, 2.45) is 5.10 Å². The third-order valence-electron chi connectivity index (χ3n) is 3.25. The Hall–Kier alpha value is -2.17. The van der Waals surface area contributed by atoms with Crippen molar-refractivity contribution in [3.63, 3.8) is 0 Å². The molecule has 0 aliphatic carbocycles. The largest absolute Gasteiger partial charge is 0.477 e. The fourth-order valence-electron chi connectivity index (χ4n) is 1.93. The minimum Gasteiger partial charge on any atom is -0.477 e. The summed E-state index contributed by atoms with van der Waals surface area (Å²) in [5.74, 6) is -1.03. The molecule has 1 rings (SSSR count). The van der Waals surface area contributed by atoms with E-state index in [0.717, 1.165) is 5.56 Å². The highest BCUT2D eigenvalue weighted by Crippen LogP contribution is 2.16. The summed E-state index contributed by atoms with van der Waals surface area (Å²) in [6.07, 6.45) is 0.289. The normalized spacial score (nSPS) is 12.1. The molecule has 0 radical (unpaired) electrons. The third-order valence-corrected chi connectivity index (χ3v) is 3.25. The van der Waals surface area contributed by atoms with Gasteiger partial charge in [0, 0.05) is 24.1 Å². The lowest BCUT2D eigenvalue weighted by molar-refractivity contribution is -0.129. The van der Waals surface area contributed by atoms with Crippen LogP contribution in [0.4, 0.5) is 0 Å². The molecule has 0 fully saturated rings. The van der Waals surface area contributed by atoms with E-state index >= 15 is 0 Å². The molecule has 0 bridgehead atoms. The van der Waals surface area contributed by atoms with Crippen LogP contribution in [-0.2, 0) is 4.79 Å². The van der Waals surface area contributed by atoms with Crippen molar-refractivity contribution in [3.05, 3.63) is 35.4 Å². The average Bonchev–Trinajstić information content (AvgIpc) is 2.41. The topological polar surface area (TPSA) is 70.0 Å². The summed E-state index contributed by atoms with van der Waals surface area (Å²) < 4.78 is 0. The van der Waals surface area contributed by atoms with Crippen molar-refractivity contribution in [2.75, 3.05) is 6.54 Å². The summed E-state index contributed by atoms with van der Waals surface area (Å²) >= 11 is 0. The van der Waals surface area contributed by atoms with Crippen LogP contribution in [0.2, 0.25) is 0 Å². The Morgan fingerprint density at radius 3 is 2.41 bits per heavy atom. The SMILES string of the molecule is CC(=NN(CCC(=O)c1cccc(C)c1)C(C)(C)C)C(=O)O. The first-order valence-corrected chi connectivity index (χ1v) is 7.27. The maximum absolute atomic E-state index is 12.3. The number of carbonyl (C=O) groups is 2. The zero-order valence-electron chi connectivity index (χ0n) is 13.9. The summed E-state index contributed by atoms with van der Waals surface area (Å²) in [5.41, 5.74) is 1.37. The van der Waals surface area contributed by atoms with E-state index in [9.17, 15) is 9.59 Å². The van der Waals surface area contributed by atoms with Gasteiger partial charge in [-0.15, -0.1) is 0 Å². The Morgan fingerprint density at radius 2 is 1.91 bits per heavy atom. The van der Waals surface area contributed by atoms with Gasteiger partial charge >= 0.3 is 5.97 Å². The molecule has 22 heavy (non-hydrogen) atoms. The molecular weight excluding hydrogens is 280 g/mol. The molecule has 0 atom stereocenters. The molecule has 1 N–H and O–H groups in total. The minimum atomic E-state index is -1.06. The number of carbonyl (C=O) groups excluding carboxylic acids is 1. The zero-order chi connectivity index (χ0) is 16.9. The second-order valence-electron chi connectivity index (χ2n) is 6.33. The molecule has 5 heteroatoms. The molecule has 0 spiro atoms. The maximum atomic E-state index is 12.3. The van der Waals surface area contributed by atoms with Gasteiger partial charge in [-0.05, 0) is 40.7 Å². The van der Waals surface area contributed by atoms with E-state index in [2.05, 4.69) is 5.10 Å². The van der Waals surface area contributed by atoms with Crippen LogP contribution in [0, 0.1) is 6.92 Å². The molecule has 0 saturated heterocycles. The van der Waals surface area contributed by atoms with Gasteiger partial charge in [-0.1, -0.05) is 23.8 Å². The Kier molecular flexibility index (Phi) is 5.85. The van der Waals surface area contributed by atoms with Crippen molar-refractivity contribution in [2.45, 2.75) is 46.6 Å². The summed E-state index contributed by atoms with van der Waals surface area (Å²) in [6, 6.07) is 7.45. The van der Waals surface area contributed by atoms with Crippen molar-refractivity contribution in [3.8, 4) is 0 Å². The number of carboxylic acid groups (broad SMARTS) is 1.